The molecule has 0 radical (unpaired) electrons. The molecule has 1 aromatic carbocycles. The van der Waals surface area contributed by atoms with Crippen molar-refractivity contribution >= 4 is 11.8 Å². The van der Waals surface area contributed by atoms with Crippen LogP contribution in [0.5, 0.6) is 11.5 Å². The summed E-state index contributed by atoms with van der Waals surface area (Å²) in [5.74, 6) is 1.53. The van der Waals surface area contributed by atoms with E-state index in [1.165, 1.54) is 5.57 Å². The second-order valence-corrected chi connectivity index (χ2v) is 3.64. The lowest BCUT2D eigenvalue weighted by Gasteiger charge is -2.19. The summed E-state index contributed by atoms with van der Waals surface area (Å²) in [6, 6.07) is 3.96. The van der Waals surface area contributed by atoms with Crippen LogP contribution in [-0.2, 0) is 0 Å². The van der Waals surface area contributed by atoms with E-state index in [0.717, 1.165) is 29.3 Å². The van der Waals surface area contributed by atoms with Crippen molar-refractivity contribution in [2.75, 3.05) is 26.1 Å². The molecule has 0 aromatic heterocycles. The van der Waals surface area contributed by atoms with Gasteiger partial charge in [-0.15, -0.1) is 0 Å². The molecular formula is C12H15NO2. The molecule has 0 saturated carbocycles. The van der Waals surface area contributed by atoms with Crippen LogP contribution in [0.1, 0.15) is 12.5 Å². The van der Waals surface area contributed by atoms with Crippen molar-refractivity contribution in [3.05, 3.63) is 23.3 Å². The van der Waals surface area contributed by atoms with Crippen molar-refractivity contribution in [1.82, 2.24) is 0 Å². The SMILES string of the molecule is COc1cc2c(cc1OC)NCC(C)=C2. The molecule has 0 bridgehead atoms. The van der Waals surface area contributed by atoms with E-state index in [2.05, 4.69) is 18.3 Å². The van der Waals surface area contributed by atoms with Crippen LogP contribution in [0.2, 0.25) is 0 Å². The van der Waals surface area contributed by atoms with Crippen LogP contribution < -0.4 is 14.8 Å². The Balaban J connectivity index is 2.51. The fourth-order valence-corrected chi connectivity index (χ4v) is 1.72. The Bertz CT molecular complexity index is 410. The highest BCUT2D eigenvalue weighted by Crippen LogP contribution is 2.35. The number of hydrogen-bond acceptors (Lipinski definition) is 3. The minimum atomic E-state index is 0.761. The van der Waals surface area contributed by atoms with Gasteiger partial charge in [0.25, 0.3) is 0 Å². The third-order valence-corrected chi connectivity index (χ3v) is 2.52. The normalized spacial score (nSPS) is 13.7. The zero-order valence-corrected chi connectivity index (χ0v) is 9.26. The van der Waals surface area contributed by atoms with E-state index in [-0.39, 0.29) is 0 Å². The Morgan fingerprint density at radius 3 is 2.47 bits per heavy atom. The van der Waals surface area contributed by atoms with E-state index < -0.39 is 0 Å². The van der Waals surface area contributed by atoms with Gasteiger partial charge in [0.05, 0.1) is 14.2 Å². The van der Waals surface area contributed by atoms with Crippen molar-refractivity contribution in [3.8, 4) is 11.5 Å². The average Bonchev–Trinajstić information content (AvgIpc) is 2.27. The zero-order valence-electron chi connectivity index (χ0n) is 9.26. The van der Waals surface area contributed by atoms with Crippen LogP contribution in [0.4, 0.5) is 5.69 Å². The van der Waals surface area contributed by atoms with Gasteiger partial charge in [0, 0.05) is 23.9 Å². The van der Waals surface area contributed by atoms with E-state index >= 15 is 0 Å². The molecule has 1 heterocycles. The van der Waals surface area contributed by atoms with Crippen molar-refractivity contribution in [2.24, 2.45) is 0 Å². The lowest BCUT2D eigenvalue weighted by Crippen LogP contribution is -2.09. The molecule has 1 aliphatic heterocycles. The molecule has 1 aromatic rings. The fraction of sp³-hybridized carbons (Fsp3) is 0.333. The summed E-state index contributed by atoms with van der Waals surface area (Å²) in [5.41, 5.74) is 3.56. The van der Waals surface area contributed by atoms with Crippen LogP contribution in [0.3, 0.4) is 0 Å². The first kappa shape index (κ1) is 9.90. The lowest BCUT2D eigenvalue weighted by molar-refractivity contribution is 0.355. The van der Waals surface area contributed by atoms with Gasteiger partial charge in [0.1, 0.15) is 0 Å². The molecule has 2 rings (SSSR count). The first-order valence-electron chi connectivity index (χ1n) is 4.91. The second kappa shape index (κ2) is 3.85. The van der Waals surface area contributed by atoms with E-state index in [0.29, 0.717) is 0 Å². The van der Waals surface area contributed by atoms with E-state index in [4.69, 9.17) is 9.47 Å². The number of nitrogens with one attached hydrogen (secondary N) is 1. The zero-order chi connectivity index (χ0) is 10.8. The van der Waals surface area contributed by atoms with Crippen LogP contribution in [0.25, 0.3) is 6.08 Å². The first-order chi connectivity index (χ1) is 7.24. The molecule has 0 saturated heterocycles. The van der Waals surface area contributed by atoms with Gasteiger partial charge >= 0.3 is 0 Å². The number of hydrogen-bond donors (Lipinski definition) is 1. The van der Waals surface area contributed by atoms with E-state index in [1.54, 1.807) is 14.2 Å². The quantitative estimate of drug-likeness (QED) is 0.804. The summed E-state index contributed by atoms with van der Waals surface area (Å²) in [6.07, 6.45) is 2.16. The third kappa shape index (κ3) is 1.77. The topological polar surface area (TPSA) is 30.5 Å². The standard InChI is InChI=1S/C12H15NO2/c1-8-4-9-5-11(14-2)12(15-3)6-10(9)13-7-8/h4-6,13H,7H2,1-3H3. The van der Waals surface area contributed by atoms with Crippen molar-refractivity contribution in [3.63, 3.8) is 0 Å². The maximum absolute atomic E-state index is 5.26. The van der Waals surface area contributed by atoms with Crippen molar-refractivity contribution in [1.29, 1.82) is 0 Å². The second-order valence-electron chi connectivity index (χ2n) is 3.64. The molecular weight excluding hydrogens is 190 g/mol. The molecule has 80 valence electrons. The smallest absolute Gasteiger partial charge is 0.162 e. The summed E-state index contributed by atoms with van der Waals surface area (Å²) >= 11 is 0. The predicted octanol–water partition coefficient (Wildman–Crippen LogP) is 2.53. The number of anilines is 1. The molecule has 0 unspecified atom stereocenters. The minimum absolute atomic E-state index is 0.761. The van der Waals surface area contributed by atoms with Gasteiger partial charge in [0.2, 0.25) is 0 Å². The van der Waals surface area contributed by atoms with Crippen LogP contribution in [0.15, 0.2) is 17.7 Å². The highest BCUT2D eigenvalue weighted by atomic mass is 16.5. The number of ether oxygens (including phenoxy) is 2. The number of benzene rings is 1. The molecule has 15 heavy (non-hydrogen) atoms. The average molecular weight is 205 g/mol. The molecule has 0 spiro atoms. The van der Waals surface area contributed by atoms with Gasteiger partial charge in [0.15, 0.2) is 11.5 Å². The lowest BCUT2D eigenvalue weighted by atomic mass is 10.0. The maximum Gasteiger partial charge on any atom is 0.162 e. The Labute approximate surface area is 89.7 Å². The monoisotopic (exact) mass is 205 g/mol. The third-order valence-electron chi connectivity index (χ3n) is 2.52. The minimum Gasteiger partial charge on any atom is -0.493 e. The highest BCUT2D eigenvalue weighted by Gasteiger charge is 2.12. The molecule has 1 aliphatic rings. The molecule has 0 amide bonds. The fourth-order valence-electron chi connectivity index (χ4n) is 1.72. The Hall–Kier alpha value is -1.64. The number of methoxy groups -OCH3 is 2. The summed E-state index contributed by atoms with van der Waals surface area (Å²) in [7, 11) is 3.30. The van der Waals surface area contributed by atoms with Crippen molar-refractivity contribution in [2.45, 2.75) is 6.92 Å². The van der Waals surface area contributed by atoms with Gasteiger partial charge in [-0.25, -0.2) is 0 Å². The number of rotatable bonds is 2. The van der Waals surface area contributed by atoms with Crippen LogP contribution in [0, 0.1) is 0 Å². The highest BCUT2D eigenvalue weighted by molar-refractivity contribution is 5.75. The summed E-state index contributed by atoms with van der Waals surface area (Å²) in [4.78, 5) is 0. The van der Waals surface area contributed by atoms with Gasteiger partial charge in [-0.05, 0) is 13.0 Å². The van der Waals surface area contributed by atoms with Gasteiger partial charge in [-0.3, -0.25) is 0 Å². The van der Waals surface area contributed by atoms with Crippen LogP contribution in [-0.4, -0.2) is 20.8 Å². The maximum atomic E-state index is 5.26. The molecule has 0 aliphatic carbocycles. The summed E-state index contributed by atoms with van der Waals surface area (Å²) in [6.45, 7) is 3.00. The van der Waals surface area contributed by atoms with Gasteiger partial charge in [-0.1, -0.05) is 11.6 Å². The molecule has 3 heteroatoms. The Kier molecular flexibility index (Phi) is 2.54. The largest absolute Gasteiger partial charge is 0.493 e. The van der Waals surface area contributed by atoms with E-state index in [1.807, 2.05) is 12.1 Å². The predicted molar refractivity (Wildman–Crippen MR) is 61.7 cm³/mol. The molecule has 3 nitrogen and oxygen atoms in total. The molecule has 1 N–H and O–H groups in total. The van der Waals surface area contributed by atoms with Crippen molar-refractivity contribution < 1.29 is 9.47 Å². The Morgan fingerprint density at radius 1 is 1.13 bits per heavy atom. The number of fused-ring (bicyclic) bond motifs is 1. The summed E-state index contributed by atoms with van der Waals surface area (Å²) in [5, 5.41) is 3.33. The Morgan fingerprint density at radius 2 is 1.80 bits per heavy atom. The van der Waals surface area contributed by atoms with Gasteiger partial charge in [-0.2, -0.15) is 0 Å². The van der Waals surface area contributed by atoms with Crippen LogP contribution >= 0.6 is 0 Å². The van der Waals surface area contributed by atoms with E-state index in [9.17, 15) is 0 Å². The first-order valence-corrected chi connectivity index (χ1v) is 4.91. The molecule has 0 atom stereocenters. The molecule has 0 fully saturated rings. The summed E-state index contributed by atoms with van der Waals surface area (Å²) < 4.78 is 10.5. The van der Waals surface area contributed by atoms with Gasteiger partial charge < -0.3 is 14.8 Å².